The van der Waals surface area contributed by atoms with Crippen molar-refractivity contribution in [1.29, 1.82) is 0 Å². The lowest BCUT2D eigenvalue weighted by molar-refractivity contribution is 0.0746. The number of anilines is 2. The number of hydrogen-bond donors (Lipinski definition) is 1. The van der Waals surface area contributed by atoms with E-state index in [1.807, 2.05) is 12.1 Å². The lowest BCUT2D eigenvalue weighted by atomic mass is 10.2. The Hall–Kier alpha value is -2.78. The molecule has 1 aromatic heterocycles. The molecule has 1 aromatic carbocycles. The number of aliphatic hydroxyl groups excluding tert-OH is 1. The fourth-order valence-electron chi connectivity index (χ4n) is 3.91. The molecule has 0 spiro atoms. The Labute approximate surface area is 175 Å². The molecule has 1 amide bonds. The molecule has 0 saturated carbocycles. The van der Waals surface area contributed by atoms with E-state index in [2.05, 4.69) is 24.9 Å². The second kappa shape index (κ2) is 9.36. The van der Waals surface area contributed by atoms with Crippen LogP contribution < -0.4 is 9.80 Å². The smallest absolute Gasteiger partial charge is 0.253 e. The van der Waals surface area contributed by atoms with Crippen LogP contribution in [0.25, 0.3) is 0 Å². The number of halogens is 1. The molecule has 2 aliphatic heterocycles. The Balaban J connectivity index is 1.30. The van der Waals surface area contributed by atoms with Crippen LogP contribution in [0, 0.1) is 5.82 Å². The summed E-state index contributed by atoms with van der Waals surface area (Å²) in [6.45, 7) is 7.02. The first-order valence-electron chi connectivity index (χ1n) is 10.4. The topological polar surface area (TPSA) is 76.0 Å². The van der Waals surface area contributed by atoms with Gasteiger partial charge in [-0.3, -0.25) is 9.69 Å². The molecule has 30 heavy (non-hydrogen) atoms. The van der Waals surface area contributed by atoms with Crippen molar-refractivity contribution >= 4 is 17.5 Å². The van der Waals surface area contributed by atoms with Gasteiger partial charge in [-0.15, -0.1) is 10.2 Å². The Morgan fingerprint density at radius 1 is 0.833 bits per heavy atom. The summed E-state index contributed by atoms with van der Waals surface area (Å²) in [6, 6.07) is 9.66. The first kappa shape index (κ1) is 20.5. The van der Waals surface area contributed by atoms with Gasteiger partial charge < -0.3 is 19.8 Å². The monoisotopic (exact) mass is 414 g/mol. The molecule has 8 nitrogen and oxygen atoms in total. The van der Waals surface area contributed by atoms with Gasteiger partial charge in [0.2, 0.25) is 0 Å². The van der Waals surface area contributed by atoms with Gasteiger partial charge in [-0.25, -0.2) is 4.39 Å². The number of rotatable bonds is 5. The van der Waals surface area contributed by atoms with Gasteiger partial charge in [0, 0.05) is 64.5 Å². The van der Waals surface area contributed by atoms with E-state index in [1.165, 1.54) is 24.3 Å². The van der Waals surface area contributed by atoms with Crippen LogP contribution in [0.3, 0.4) is 0 Å². The quantitative estimate of drug-likeness (QED) is 0.772. The molecule has 1 N–H and O–H groups in total. The van der Waals surface area contributed by atoms with Crippen molar-refractivity contribution in [2.24, 2.45) is 0 Å². The predicted molar refractivity (Wildman–Crippen MR) is 112 cm³/mol. The largest absolute Gasteiger partial charge is 0.395 e. The van der Waals surface area contributed by atoms with Crippen molar-refractivity contribution in [3.05, 3.63) is 47.8 Å². The molecule has 4 rings (SSSR count). The second-order valence-corrected chi connectivity index (χ2v) is 7.59. The molecule has 0 unspecified atom stereocenters. The summed E-state index contributed by atoms with van der Waals surface area (Å²) in [5.74, 6) is 1.26. The number of carbonyl (C=O) groups is 1. The van der Waals surface area contributed by atoms with Gasteiger partial charge in [0.05, 0.1) is 6.61 Å². The zero-order valence-corrected chi connectivity index (χ0v) is 17.0. The van der Waals surface area contributed by atoms with Crippen LogP contribution in [0.2, 0.25) is 0 Å². The molecular weight excluding hydrogens is 387 g/mol. The van der Waals surface area contributed by atoms with Gasteiger partial charge in [0.25, 0.3) is 5.91 Å². The van der Waals surface area contributed by atoms with E-state index in [1.54, 1.807) is 4.90 Å². The minimum absolute atomic E-state index is 0.0728. The summed E-state index contributed by atoms with van der Waals surface area (Å²) in [5.41, 5.74) is 0.507. The van der Waals surface area contributed by atoms with Crippen molar-refractivity contribution in [2.75, 3.05) is 75.3 Å². The zero-order chi connectivity index (χ0) is 20.9. The Morgan fingerprint density at radius 3 is 1.87 bits per heavy atom. The van der Waals surface area contributed by atoms with Crippen molar-refractivity contribution < 1.29 is 14.3 Å². The average molecular weight is 414 g/mol. The van der Waals surface area contributed by atoms with E-state index in [-0.39, 0.29) is 18.3 Å². The van der Waals surface area contributed by atoms with Crippen molar-refractivity contribution in [2.45, 2.75) is 0 Å². The maximum atomic E-state index is 13.1. The molecule has 2 saturated heterocycles. The molecule has 0 radical (unpaired) electrons. The first-order valence-corrected chi connectivity index (χ1v) is 10.4. The van der Waals surface area contributed by atoms with Crippen LogP contribution in [0.1, 0.15) is 10.4 Å². The molecule has 0 atom stereocenters. The van der Waals surface area contributed by atoms with Crippen LogP contribution in [0.15, 0.2) is 36.4 Å². The lowest BCUT2D eigenvalue weighted by Crippen LogP contribution is -2.49. The first-order chi connectivity index (χ1) is 14.6. The van der Waals surface area contributed by atoms with Gasteiger partial charge >= 0.3 is 0 Å². The van der Waals surface area contributed by atoms with Crippen LogP contribution >= 0.6 is 0 Å². The molecule has 0 aliphatic carbocycles. The Kier molecular flexibility index (Phi) is 6.39. The lowest BCUT2D eigenvalue weighted by Gasteiger charge is -2.36. The number of amides is 1. The number of aliphatic hydroxyl groups is 1. The Bertz CT molecular complexity index is 832. The Morgan fingerprint density at radius 2 is 1.37 bits per heavy atom. The average Bonchev–Trinajstić information content (AvgIpc) is 2.80. The molecule has 3 heterocycles. The van der Waals surface area contributed by atoms with Crippen molar-refractivity contribution in [3.8, 4) is 0 Å². The maximum Gasteiger partial charge on any atom is 0.253 e. The predicted octanol–water partition coefficient (Wildman–Crippen LogP) is 0.692. The highest BCUT2D eigenvalue weighted by Crippen LogP contribution is 2.18. The zero-order valence-electron chi connectivity index (χ0n) is 17.0. The van der Waals surface area contributed by atoms with Crippen molar-refractivity contribution in [3.63, 3.8) is 0 Å². The summed E-state index contributed by atoms with van der Waals surface area (Å²) >= 11 is 0. The number of piperazine rings is 2. The third kappa shape index (κ3) is 4.68. The molecule has 160 valence electrons. The number of carbonyl (C=O) groups excluding carboxylic acids is 1. The van der Waals surface area contributed by atoms with Gasteiger partial charge in [-0.2, -0.15) is 0 Å². The van der Waals surface area contributed by atoms with E-state index in [9.17, 15) is 9.18 Å². The molecule has 2 fully saturated rings. The molecular formula is C21H27FN6O2. The summed E-state index contributed by atoms with van der Waals surface area (Å²) < 4.78 is 13.1. The maximum absolute atomic E-state index is 13.1. The fraction of sp³-hybridized carbons (Fsp3) is 0.476. The van der Waals surface area contributed by atoms with Gasteiger partial charge in [0.15, 0.2) is 11.6 Å². The summed E-state index contributed by atoms with van der Waals surface area (Å²) in [6.07, 6.45) is 0. The number of nitrogens with zero attached hydrogens (tertiary/aromatic N) is 6. The van der Waals surface area contributed by atoms with E-state index >= 15 is 0 Å². The van der Waals surface area contributed by atoms with E-state index in [0.717, 1.165) is 37.8 Å². The van der Waals surface area contributed by atoms with Crippen LogP contribution in [0.5, 0.6) is 0 Å². The van der Waals surface area contributed by atoms with Crippen LogP contribution in [-0.2, 0) is 0 Å². The van der Waals surface area contributed by atoms with Crippen LogP contribution in [0.4, 0.5) is 16.0 Å². The fourth-order valence-corrected chi connectivity index (χ4v) is 3.91. The summed E-state index contributed by atoms with van der Waals surface area (Å²) in [4.78, 5) is 20.9. The second-order valence-electron chi connectivity index (χ2n) is 7.59. The van der Waals surface area contributed by atoms with E-state index < -0.39 is 0 Å². The summed E-state index contributed by atoms with van der Waals surface area (Å²) in [7, 11) is 0. The normalized spacial score (nSPS) is 18.0. The van der Waals surface area contributed by atoms with E-state index in [0.29, 0.717) is 38.3 Å². The number of aromatic nitrogens is 2. The highest BCUT2D eigenvalue weighted by atomic mass is 19.1. The van der Waals surface area contributed by atoms with E-state index in [4.69, 9.17) is 5.11 Å². The highest BCUT2D eigenvalue weighted by molar-refractivity contribution is 5.94. The molecule has 2 aliphatic rings. The minimum atomic E-state index is -0.342. The highest BCUT2D eigenvalue weighted by Gasteiger charge is 2.24. The van der Waals surface area contributed by atoms with Gasteiger partial charge in [-0.05, 0) is 36.4 Å². The minimum Gasteiger partial charge on any atom is -0.395 e. The SMILES string of the molecule is O=C(c1ccc(F)cc1)N1CCN(c2ccc(N3CCN(CCO)CC3)nn2)CC1. The van der Waals surface area contributed by atoms with Gasteiger partial charge in [-0.1, -0.05) is 0 Å². The number of benzene rings is 1. The van der Waals surface area contributed by atoms with Crippen LogP contribution in [-0.4, -0.2) is 96.5 Å². The summed E-state index contributed by atoms with van der Waals surface area (Å²) in [5, 5.41) is 17.9. The third-order valence-corrected chi connectivity index (χ3v) is 5.73. The van der Waals surface area contributed by atoms with Gasteiger partial charge in [0.1, 0.15) is 5.82 Å². The standard InChI is InChI=1S/C21H27FN6O2/c22-18-3-1-17(2-4-18)21(30)28-13-11-27(12-14-28)20-6-5-19(23-24-20)26-9-7-25(8-10-26)15-16-29/h1-6,29H,7-16H2. The molecule has 9 heteroatoms. The molecule has 0 bridgehead atoms. The molecule has 2 aromatic rings. The number of β-amino-alcohol motifs (C(OH)–C–C–N with tert-alkyl or cyclic N) is 1. The van der Waals surface area contributed by atoms with Crippen molar-refractivity contribution in [1.82, 2.24) is 20.0 Å². The number of hydrogen-bond acceptors (Lipinski definition) is 7. The third-order valence-electron chi connectivity index (χ3n) is 5.73.